The maximum Gasteiger partial charge on any atom is 0.407 e. The molecule has 5 nitrogen and oxygen atoms in total. The fourth-order valence-electron chi connectivity index (χ4n) is 1.83. The van der Waals surface area contributed by atoms with Crippen LogP contribution in [-0.2, 0) is 11.3 Å². The van der Waals surface area contributed by atoms with Crippen LogP contribution in [0.15, 0.2) is 48.8 Å². The average molecular weight is 299 g/mol. The lowest BCUT2D eigenvalue weighted by molar-refractivity contribution is 0.141. The second kappa shape index (κ2) is 8.02. The highest BCUT2D eigenvalue weighted by Crippen LogP contribution is 2.06. The molecule has 0 bridgehead atoms. The zero-order valence-electron chi connectivity index (χ0n) is 12.9. The van der Waals surface area contributed by atoms with Crippen LogP contribution in [0, 0.1) is 0 Å². The van der Waals surface area contributed by atoms with Gasteiger partial charge in [0.25, 0.3) is 0 Å². The SMILES string of the molecule is CC(C)n1cc(C=CCNC(=O)OCc2ccccc2)cn1. The second-order valence-electron chi connectivity index (χ2n) is 5.19. The van der Waals surface area contributed by atoms with Gasteiger partial charge in [-0.15, -0.1) is 0 Å². The highest BCUT2D eigenvalue weighted by atomic mass is 16.5. The number of carbonyl (C=O) groups excluding carboxylic acids is 1. The second-order valence-corrected chi connectivity index (χ2v) is 5.19. The van der Waals surface area contributed by atoms with Gasteiger partial charge in [0.2, 0.25) is 0 Å². The summed E-state index contributed by atoms with van der Waals surface area (Å²) in [5.41, 5.74) is 1.97. The summed E-state index contributed by atoms with van der Waals surface area (Å²) in [6, 6.07) is 9.93. The van der Waals surface area contributed by atoms with E-state index in [1.165, 1.54) is 0 Å². The molecule has 2 rings (SSSR count). The fourth-order valence-corrected chi connectivity index (χ4v) is 1.83. The Labute approximate surface area is 130 Å². The minimum absolute atomic E-state index is 0.275. The Morgan fingerprint density at radius 3 is 2.82 bits per heavy atom. The van der Waals surface area contributed by atoms with E-state index in [-0.39, 0.29) is 6.61 Å². The third-order valence-electron chi connectivity index (χ3n) is 3.04. The first-order valence-electron chi connectivity index (χ1n) is 7.30. The van der Waals surface area contributed by atoms with Crippen LogP contribution in [0.25, 0.3) is 6.08 Å². The number of rotatable bonds is 6. The number of aromatic nitrogens is 2. The molecule has 0 unspecified atom stereocenters. The zero-order chi connectivity index (χ0) is 15.8. The van der Waals surface area contributed by atoms with Gasteiger partial charge >= 0.3 is 6.09 Å². The van der Waals surface area contributed by atoms with Crippen molar-refractivity contribution in [1.29, 1.82) is 0 Å². The molecule has 0 saturated carbocycles. The molecule has 0 spiro atoms. The molecule has 1 heterocycles. The predicted molar refractivity (Wildman–Crippen MR) is 86.3 cm³/mol. The summed E-state index contributed by atoms with van der Waals surface area (Å²) in [6.07, 6.45) is 7.12. The third-order valence-corrected chi connectivity index (χ3v) is 3.04. The molecule has 0 aliphatic heterocycles. The van der Waals surface area contributed by atoms with Crippen molar-refractivity contribution < 1.29 is 9.53 Å². The van der Waals surface area contributed by atoms with Gasteiger partial charge in [-0.1, -0.05) is 42.5 Å². The van der Waals surface area contributed by atoms with Crippen molar-refractivity contribution >= 4 is 12.2 Å². The number of benzene rings is 1. The summed E-state index contributed by atoms with van der Waals surface area (Å²) >= 11 is 0. The molecule has 1 N–H and O–H groups in total. The third kappa shape index (κ3) is 5.09. The maximum atomic E-state index is 11.5. The summed E-state index contributed by atoms with van der Waals surface area (Å²) in [6.45, 7) is 4.84. The summed E-state index contributed by atoms with van der Waals surface area (Å²) in [7, 11) is 0. The number of alkyl carbamates (subject to hydrolysis) is 1. The molecule has 0 atom stereocenters. The number of carbonyl (C=O) groups is 1. The van der Waals surface area contributed by atoms with E-state index in [1.54, 1.807) is 6.20 Å². The number of hydrogen-bond acceptors (Lipinski definition) is 3. The van der Waals surface area contributed by atoms with E-state index in [0.29, 0.717) is 12.6 Å². The molecule has 22 heavy (non-hydrogen) atoms. The summed E-state index contributed by atoms with van der Waals surface area (Å²) < 4.78 is 7.01. The van der Waals surface area contributed by atoms with Gasteiger partial charge in [-0.25, -0.2) is 4.79 Å². The normalized spacial score (nSPS) is 11.0. The van der Waals surface area contributed by atoms with E-state index >= 15 is 0 Å². The van der Waals surface area contributed by atoms with Crippen molar-refractivity contribution in [2.75, 3.05) is 6.54 Å². The molecule has 1 aromatic heterocycles. The van der Waals surface area contributed by atoms with E-state index in [4.69, 9.17) is 4.74 Å². The first-order valence-corrected chi connectivity index (χ1v) is 7.30. The molecule has 5 heteroatoms. The molecule has 0 aliphatic rings. The minimum Gasteiger partial charge on any atom is -0.445 e. The molecule has 0 aliphatic carbocycles. The Balaban J connectivity index is 1.69. The van der Waals surface area contributed by atoms with E-state index in [2.05, 4.69) is 24.3 Å². The van der Waals surface area contributed by atoms with E-state index in [1.807, 2.05) is 53.4 Å². The van der Waals surface area contributed by atoms with Crippen LogP contribution in [0.4, 0.5) is 4.79 Å². The maximum absolute atomic E-state index is 11.5. The molecule has 0 fully saturated rings. The molecule has 2 aromatic rings. The average Bonchev–Trinajstić information content (AvgIpc) is 3.00. The van der Waals surface area contributed by atoms with Crippen molar-refractivity contribution in [3.05, 3.63) is 59.9 Å². The number of ether oxygens (including phenoxy) is 1. The van der Waals surface area contributed by atoms with Gasteiger partial charge in [0, 0.05) is 24.3 Å². The van der Waals surface area contributed by atoms with Gasteiger partial charge in [0.1, 0.15) is 6.61 Å². The smallest absolute Gasteiger partial charge is 0.407 e. The van der Waals surface area contributed by atoms with Crippen molar-refractivity contribution in [2.24, 2.45) is 0 Å². The molecule has 0 saturated heterocycles. The molecular weight excluding hydrogens is 278 g/mol. The predicted octanol–water partition coefficient (Wildman–Crippen LogP) is 3.40. The fraction of sp³-hybridized carbons (Fsp3) is 0.294. The molecule has 116 valence electrons. The van der Waals surface area contributed by atoms with Gasteiger partial charge in [0.15, 0.2) is 0 Å². The van der Waals surface area contributed by atoms with Crippen LogP contribution < -0.4 is 5.32 Å². The summed E-state index contributed by atoms with van der Waals surface area (Å²) in [5, 5.41) is 6.92. The standard InChI is InChI=1S/C17H21N3O2/c1-14(2)20-12-16(11-19-20)9-6-10-18-17(21)22-13-15-7-4-3-5-8-15/h3-9,11-12,14H,10,13H2,1-2H3,(H,18,21). The first-order chi connectivity index (χ1) is 10.6. The van der Waals surface area contributed by atoms with Crippen LogP contribution >= 0.6 is 0 Å². The Morgan fingerprint density at radius 2 is 2.14 bits per heavy atom. The number of nitrogens with zero attached hydrogens (tertiary/aromatic N) is 2. The van der Waals surface area contributed by atoms with Crippen LogP contribution in [0.3, 0.4) is 0 Å². The van der Waals surface area contributed by atoms with E-state index < -0.39 is 6.09 Å². The largest absolute Gasteiger partial charge is 0.445 e. The molecular formula is C17H21N3O2. The Bertz CT molecular complexity index is 618. The topological polar surface area (TPSA) is 56.2 Å². The van der Waals surface area contributed by atoms with E-state index in [0.717, 1.165) is 11.1 Å². The number of nitrogens with one attached hydrogen (secondary N) is 1. The summed E-state index contributed by atoms with van der Waals surface area (Å²) in [4.78, 5) is 11.5. The van der Waals surface area contributed by atoms with Gasteiger partial charge in [-0.3, -0.25) is 4.68 Å². The Kier molecular flexibility index (Phi) is 5.77. The lowest BCUT2D eigenvalue weighted by Crippen LogP contribution is -2.24. The van der Waals surface area contributed by atoms with Gasteiger partial charge in [0.05, 0.1) is 6.20 Å². The summed E-state index contributed by atoms with van der Waals surface area (Å²) in [5.74, 6) is 0. The van der Waals surface area contributed by atoms with Crippen molar-refractivity contribution in [3.8, 4) is 0 Å². The van der Waals surface area contributed by atoms with Crippen molar-refractivity contribution in [3.63, 3.8) is 0 Å². The lowest BCUT2D eigenvalue weighted by Gasteiger charge is -2.05. The van der Waals surface area contributed by atoms with Crippen molar-refractivity contribution in [1.82, 2.24) is 15.1 Å². The Hall–Kier alpha value is -2.56. The molecule has 1 amide bonds. The monoisotopic (exact) mass is 299 g/mol. The van der Waals surface area contributed by atoms with Crippen LogP contribution in [-0.4, -0.2) is 22.4 Å². The van der Waals surface area contributed by atoms with E-state index in [9.17, 15) is 4.79 Å². The van der Waals surface area contributed by atoms with Crippen molar-refractivity contribution in [2.45, 2.75) is 26.5 Å². The van der Waals surface area contributed by atoms with Crippen LogP contribution in [0.1, 0.15) is 31.0 Å². The van der Waals surface area contributed by atoms with Gasteiger partial charge in [-0.2, -0.15) is 5.10 Å². The number of hydrogen-bond donors (Lipinski definition) is 1. The quantitative estimate of drug-likeness (QED) is 0.889. The molecule has 1 aromatic carbocycles. The van der Waals surface area contributed by atoms with Crippen LogP contribution in [0.5, 0.6) is 0 Å². The Morgan fingerprint density at radius 1 is 1.36 bits per heavy atom. The lowest BCUT2D eigenvalue weighted by atomic mass is 10.2. The number of amides is 1. The first kappa shape index (κ1) is 15.8. The van der Waals surface area contributed by atoms with Gasteiger partial charge < -0.3 is 10.1 Å². The molecule has 0 radical (unpaired) electrons. The van der Waals surface area contributed by atoms with Crippen LogP contribution in [0.2, 0.25) is 0 Å². The van der Waals surface area contributed by atoms with Gasteiger partial charge in [-0.05, 0) is 19.4 Å². The highest BCUT2D eigenvalue weighted by Gasteiger charge is 2.01. The zero-order valence-corrected chi connectivity index (χ0v) is 12.9. The highest BCUT2D eigenvalue weighted by molar-refractivity contribution is 5.67. The minimum atomic E-state index is -0.425.